The molecule has 0 aromatic carbocycles. The van der Waals surface area contributed by atoms with Gasteiger partial charge in [-0.15, -0.1) is 0 Å². The fourth-order valence-corrected chi connectivity index (χ4v) is 2.69. The molecule has 2 rings (SSSR count). The largest absolute Gasteiger partial charge is 0.462 e. The third-order valence-corrected chi connectivity index (χ3v) is 3.97. The number of hydrogen-bond acceptors (Lipinski definition) is 6. The number of furan rings is 1. The summed E-state index contributed by atoms with van der Waals surface area (Å²) in [5, 5.41) is 0. The van der Waals surface area contributed by atoms with Crippen molar-refractivity contribution in [3.63, 3.8) is 0 Å². The average Bonchev–Trinajstić information content (AvgIpc) is 3.04. The number of nitrogens with two attached hydrogens (primary N) is 1. The molecule has 9 nitrogen and oxygen atoms in total. The first-order valence-corrected chi connectivity index (χ1v) is 8.92. The van der Waals surface area contributed by atoms with E-state index in [9.17, 15) is 14.4 Å². The van der Waals surface area contributed by atoms with E-state index in [-0.39, 0.29) is 30.6 Å². The van der Waals surface area contributed by atoms with E-state index in [2.05, 4.69) is 4.98 Å². The summed E-state index contributed by atoms with van der Waals surface area (Å²) in [7, 11) is 1.48. The highest BCUT2D eigenvalue weighted by Gasteiger charge is 2.23. The molecule has 28 heavy (non-hydrogen) atoms. The normalized spacial score (nSPS) is 11.5. The average molecular weight is 390 g/mol. The Morgan fingerprint density at radius 2 is 2.11 bits per heavy atom. The van der Waals surface area contributed by atoms with Crippen molar-refractivity contribution in [3.05, 3.63) is 50.6 Å². The number of hydrogen-bond donors (Lipinski definition) is 2. The highest BCUT2D eigenvalue weighted by molar-refractivity contribution is 6.04. The molecule has 2 heterocycles. The Balaban J connectivity index is 2.47. The monoisotopic (exact) mass is 390 g/mol. The molecule has 0 bridgehead atoms. The summed E-state index contributed by atoms with van der Waals surface area (Å²) in [6.45, 7) is 6.20. The predicted molar refractivity (Wildman–Crippen MR) is 107 cm³/mol. The summed E-state index contributed by atoms with van der Waals surface area (Å²) < 4.78 is 11.7. The van der Waals surface area contributed by atoms with Gasteiger partial charge in [0.25, 0.3) is 11.5 Å². The van der Waals surface area contributed by atoms with Gasteiger partial charge >= 0.3 is 5.69 Å². The maximum atomic E-state index is 12.8. The second-order valence-corrected chi connectivity index (χ2v) is 6.76. The van der Waals surface area contributed by atoms with Crippen LogP contribution in [0, 0.1) is 12.8 Å². The molecule has 0 saturated carbocycles. The predicted octanol–water partition coefficient (Wildman–Crippen LogP) is 1.37. The van der Waals surface area contributed by atoms with Crippen molar-refractivity contribution in [1.29, 1.82) is 0 Å². The number of nitrogen functional groups attached to an aromatic ring is 1. The number of nitrogens with zero attached hydrogens (tertiary/aromatic N) is 2. The Morgan fingerprint density at radius 1 is 1.39 bits per heavy atom. The molecule has 0 fully saturated rings. The molecule has 0 aliphatic heterocycles. The molecule has 0 aliphatic rings. The smallest absolute Gasteiger partial charge is 0.330 e. The van der Waals surface area contributed by atoms with Crippen LogP contribution in [-0.4, -0.2) is 35.7 Å². The lowest BCUT2D eigenvalue weighted by Gasteiger charge is -2.23. The van der Waals surface area contributed by atoms with Crippen LogP contribution in [0.4, 0.5) is 11.5 Å². The maximum absolute atomic E-state index is 12.8. The van der Waals surface area contributed by atoms with Gasteiger partial charge in [0.1, 0.15) is 17.3 Å². The summed E-state index contributed by atoms with van der Waals surface area (Å²) in [5.41, 5.74) is 4.70. The number of H-pyrrole nitrogens is 1. The molecule has 0 aliphatic carbocycles. The lowest BCUT2D eigenvalue weighted by molar-refractivity contribution is -0.114. The second-order valence-electron chi connectivity index (χ2n) is 6.76. The number of amides is 1. The summed E-state index contributed by atoms with van der Waals surface area (Å²) in [6.07, 6.45) is 2.79. The molecule has 9 heteroatoms. The van der Waals surface area contributed by atoms with Gasteiger partial charge < -0.3 is 14.9 Å². The minimum absolute atomic E-state index is 0.0610. The topological polar surface area (TPSA) is 124 Å². The summed E-state index contributed by atoms with van der Waals surface area (Å²) in [4.78, 5) is 40.8. The molecular formula is C19H26N4O5. The van der Waals surface area contributed by atoms with Crippen molar-refractivity contribution in [2.75, 3.05) is 30.9 Å². The Morgan fingerprint density at radius 3 is 2.68 bits per heavy atom. The molecule has 152 valence electrons. The van der Waals surface area contributed by atoms with Crippen LogP contribution in [0.3, 0.4) is 0 Å². The van der Waals surface area contributed by atoms with Crippen LogP contribution in [0.25, 0.3) is 6.08 Å². The van der Waals surface area contributed by atoms with E-state index in [1.807, 2.05) is 13.8 Å². The molecule has 0 saturated heterocycles. The first-order valence-electron chi connectivity index (χ1n) is 8.92. The maximum Gasteiger partial charge on any atom is 0.330 e. The Kier molecular flexibility index (Phi) is 7.00. The fourth-order valence-electron chi connectivity index (χ4n) is 2.69. The van der Waals surface area contributed by atoms with Gasteiger partial charge in [-0.25, -0.2) is 4.79 Å². The van der Waals surface area contributed by atoms with Crippen molar-refractivity contribution < 1.29 is 13.9 Å². The van der Waals surface area contributed by atoms with Crippen molar-refractivity contribution in [3.8, 4) is 0 Å². The number of anilines is 2. The van der Waals surface area contributed by atoms with E-state index in [1.165, 1.54) is 28.7 Å². The van der Waals surface area contributed by atoms with E-state index >= 15 is 0 Å². The van der Waals surface area contributed by atoms with Gasteiger partial charge in [-0.1, -0.05) is 13.8 Å². The molecule has 0 unspecified atom stereocenters. The number of carbonyl (C=O) groups is 1. The van der Waals surface area contributed by atoms with Gasteiger partial charge in [0.2, 0.25) is 0 Å². The van der Waals surface area contributed by atoms with Crippen molar-refractivity contribution >= 4 is 23.5 Å². The van der Waals surface area contributed by atoms with Gasteiger partial charge in [0, 0.05) is 26.3 Å². The SMILES string of the molecule is COCCN(C(=O)/C=C/c1ccc(C)o1)c1c(N)n(CC(C)C)c(=O)[nH]c1=O. The van der Waals surface area contributed by atoms with Crippen LogP contribution in [0.2, 0.25) is 0 Å². The number of nitrogens with one attached hydrogen (secondary N) is 1. The lowest BCUT2D eigenvalue weighted by Crippen LogP contribution is -2.42. The van der Waals surface area contributed by atoms with E-state index in [1.54, 1.807) is 19.1 Å². The quantitative estimate of drug-likeness (QED) is 0.656. The van der Waals surface area contributed by atoms with Crippen LogP contribution >= 0.6 is 0 Å². The highest BCUT2D eigenvalue weighted by Crippen LogP contribution is 2.18. The van der Waals surface area contributed by atoms with Crippen LogP contribution in [0.15, 0.2) is 32.2 Å². The highest BCUT2D eigenvalue weighted by atomic mass is 16.5. The molecule has 0 spiro atoms. The van der Waals surface area contributed by atoms with Crippen molar-refractivity contribution in [1.82, 2.24) is 9.55 Å². The van der Waals surface area contributed by atoms with Gasteiger partial charge in [-0.3, -0.25) is 24.0 Å². The number of aryl methyl sites for hydroxylation is 1. The van der Waals surface area contributed by atoms with Crippen LogP contribution in [0.1, 0.15) is 25.4 Å². The van der Waals surface area contributed by atoms with Crippen LogP contribution < -0.4 is 21.9 Å². The van der Waals surface area contributed by atoms with E-state index in [0.29, 0.717) is 18.1 Å². The zero-order valence-corrected chi connectivity index (χ0v) is 16.5. The molecule has 1 amide bonds. The number of carbonyl (C=O) groups excluding carboxylic acids is 1. The minimum atomic E-state index is -0.728. The lowest BCUT2D eigenvalue weighted by atomic mass is 10.2. The Hall–Kier alpha value is -3.07. The molecule has 2 aromatic heterocycles. The first kappa shape index (κ1) is 21.2. The number of aromatic nitrogens is 2. The summed E-state index contributed by atoms with van der Waals surface area (Å²) in [6, 6.07) is 3.50. The molecule has 0 radical (unpaired) electrons. The van der Waals surface area contributed by atoms with Crippen molar-refractivity contribution in [2.24, 2.45) is 5.92 Å². The number of ether oxygens (including phenoxy) is 1. The molecular weight excluding hydrogens is 364 g/mol. The van der Waals surface area contributed by atoms with Gasteiger partial charge in [-0.05, 0) is 31.1 Å². The second kappa shape index (κ2) is 9.23. The van der Waals surface area contributed by atoms with E-state index in [4.69, 9.17) is 14.9 Å². The van der Waals surface area contributed by atoms with Crippen molar-refractivity contribution in [2.45, 2.75) is 27.3 Å². The third-order valence-electron chi connectivity index (χ3n) is 3.97. The Labute approximate surface area is 162 Å². The van der Waals surface area contributed by atoms with Crippen LogP contribution in [-0.2, 0) is 16.1 Å². The van der Waals surface area contributed by atoms with Gasteiger partial charge in [0.15, 0.2) is 5.69 Å². The zero-order chi connectivity index (χ0) is 20.8. The fraction of sp³-hybridized carbons (Fsp3) is 0.421. The van der Waals surface area contributed by atoms with E-state index in [0.717, 1.165) is 0 Å². The first-order chi connectivity index (χ1) is 13.2. The van der Waals surface area contributed by atoms with E-state index < -0.39 is 17.2 Å². The summed E-state index contributed by atoms with van der Waals surface area (Å²) >= 11 is 0. The number of aromatic amines is 1. The molecule has 2 aromatic rings. The van der Waals surface area contributed by atoms with Gasteiger partial charge in [-0.2, -0.15) is 0 Å². The standard InChI is InChI=1S/C19H26N4O5/c1-12(2)11-23-17(20)16(18(25)21-19(23)26)22(9-10-27-4)15(24)8-7-14-6-5-13(3)28-14/h5-8,12H,9-11,20H2,1-4H3,(H,21,25,26)/b8-7+. The number of rotatable bonds is 8. The summed E-state index contributed by atoms with van der Waals surface area (Å²) in [5.74, 6) is 0.783. The molecule has 0 atom stereocenters. The van der Waals surface area contributed by atoms with Crippen LogP contribution in [0.5, 0.6) is 0 Å². The third kappa shape index (κ3) is 5.01. The zero-order valence-electron chi connectivity index (χ0n) is 16.5. The number of methoxy groups -OCH3 is 1. The minimum Gasteiger partial charge on any atom is -0.462 e. The van der Waals surface area contributed by atoms with Gasteiger partial charge in [0.05, 0.1) is 6.61 Å². The molecule has 3 N–H and O–H groups in total. The Bertz CT molecular complexity index is 967.